The molecule has 0 saturated heterocycles. The number of hydrogen-bond acceptors (Lipinski definition) is 2. The van der Waals surface area contributed by atoms with E-state index in [-0.39, 0.29) is 5.38 Å². The van der Waals surface area contributed by atoms with Gasteiger partial charge in [-0.15, -0.1) is 11.6 Å². The molecule has 0 saturated carbocycles. The van der Waals surface area contributed by atoms with Gasteiger partial charge in [0.1, 0.15) is 5.75 Å². The molecule has 2 nitrogen and oxygen atoms in total. The normalized spacial score (nSPS) is 12.0. The fraction of sp³-hybridized carbons (Fsp3) is 0.333. The van der Waals surface area contributed by atoms with Crippen LogP contribution in [0.1, 0.15) is 22.1 Å². The van der Waals surface area contributed by atoms with E-state index in [0.717, 1.165) is 12.3 Å². The number of halogens is 1. The zero-order chi connectivity index (χ0) is 15.4. The van der Waals surface area contributed by atoms with E-state index in [1.54, 1.807) is 7.11 Å². The highest BCUT2D eigenvalue weighted by molar-refractivity contribution is 6.21. The average Bonchev–Trinajstić information content (AvgIpc) is 2.47. The van der Waals surface area contributed by atoms with Crippen LogP contribution >= 0.6 is 11.6 Å². The Hall–Kier alpha value is -1.67. The van der Waals surface area contributed by atoms with Crippen LogP contribution in [-0.2, 0) is 0 Å². The van der Waals surface area contributed by atoms with E-state index in [9.17, 15) is 0 Å². The second-order valence-electron chi connectivity index (χ2n) is 5.36. The summed E-state index contributed by atoms with van der Waals surface area (Å²) in [5.74, 6) is 0.883. The molecule has 0 N–H and O–H groups in total. The second kappa shape index (κ2) is 6.86. The number of likely N-dealkylation sites (N-methyl/N-ethyl adjacent to an activating group) is 1. The lowest BCUT2D eigenvalue weighted by atomic mass is 9.99. The van der Waals surface area contributed by atoms with E-state index in [1.165, 1.54) is 22.4 Å². The quantitative estimate of drug-likeness (QED) is 0.741. The third-order valence-electron chi connectivity index (χ3n) is 3.75. The Morgan fingerprint density at radius 2 is 1.67 bits per heavy atom. The molecule has 0 fully saturated rings. The Kier molecular flexibility index (Phi) is 5.13. The maximum absolute atomic E-state index is 6.67. The Morgan fingerprint density at radius 3 is 2.19 bits per heavy atom. The van der Waals surface area contributed by atoms with Crippen molar-refractivity contribution in [3.05, 3.63) is 59.2 Å². The van der Waals surface area contributed by atoms with Crippen LogP contribution in [0.5, 0.6) is 5.75 Å². The smallest absolute Gasteiger partial charge is 0.119 e. The molecule has 0 aliphatic rings. The van der Waals surface area contributed by atoms with Crippen molar-refractivity contribution in [1.29, 1.82) is 0 Å². The summed E-state index contributed by atoms with van der Waals surface area (Å²) < 4.78 is 5.31. The number of rotatable bonds is 5. The average molecular weight is 304 g/mol. The Bertz CT molecular complexity index is 574. The molecular weight excluding hydrogens is 282 g/mol. The van der Waals surface area contributed by atoms with Crippen LogP contribution in [0.3, 0.4) is 0 Å². The van der Waals surface area contributed by atoms with Crippen LogP contribution in [0, 0.1) is 13.8 Å². The fourth-order valence-corrected chi connectivity index (χ4v) is 3.22. The van der Waals surface area contributed by atoms with Gasteiger partial charge in [0.2, 0.25) is 0 Å². The molecule has 1 unspecified atom stereocenters. The van der Waals surface area contributed by atoms with Gasteiger partial charge in [0.05, 0.1) is 12.5 Å². The van der Waals surface area contributed by atoms with Gasteiger partial charge in [-0.05, 0) is 54.8 Å². The minimum Gasteiger partial charge on any atom is -0.497 e. The summed E-state index contributed by atoms with van der Waals surface area (Å²) in [5, 5.41) is -0.0545. The number of alkyl halides is 1. The number of aryl methyl sites for hydroxylation is 2. The van der Waals surface area contributed by atoms with Crippen molar-refractivity contribution in [1.82, 2.24) is 0 Å². The molecule has 1 atom stereocenters. The summed E-state index contributed by atoms with van der Waals surface area (Å²) in [6, 6.07) is 14.4. The van der Waals surface area contributed by atoms with Crippen LogP contribution in [0.25, 0.3) is 0 Å². The van der Waals surface area contributed by atoms with Crippen LogP contribution in [0.15, 0.2) is 42.5 Å². The zero-order valence-electron chi connectivity index (χ0n) is 13.1. The standard InChI is InChI=1S/C18H22ClNO/c1-13-10-16(21-4)11-14(2)18(13)17(19)12-20(3)15-8-6-5-7-9-15/h5-11,17H,12H2,1-4H3. The van der Waals surface area contributed by atoms with E-state index in [4.69, 9.17) is 16.3 Å². The van der Waals surface area contributed by atoms with Crippen molar-refractivity contribution in [3.8, 4) is 5.75 Å². The molecule has 0 aliphatic heterocycles. The molecular formula is C18H22ClNO. The molecule has 0 amide bonds. The number of ether oxygens (including phenoxy) is 1. The van der Waals surface area contributed by atoms with Crippen LogP contribution in [0.2, 0.25) is 0 Å². The van der Waals surface area contributed by atoms with Crippen molar-refractivity contribution in [2.75, 3.05) is 25.6 Å². The summed E-state index contributed by atoms with van der Waals surface area (Å²) in [6.07, 6.45) is 0. The second-order valence-corrected chi connectivity index (χ2v) is 5.89. The van der Waals surface area contributed by atoms with Gasteiger partial charge < -0.3 is 9.64 Å². The third-order valence-corrected chi connectivity index (χ3v) is 4.10. The first-order valence-corrected chi connectivity index (χ1v) is 7.52. The molecule has 2 rings (SSSR count). The number of anilines is 1. The minimum absolute atomic E-state index is 0.0545. The highest BCUT2D eigenvalue weighted by Crippen LogP contribution is 2.32. The van der Waals surface area contributed by atoms with E-state index in [1.807, 2.05) is 30.3 Å². The zero-order valence-corrected chi connectivity index (χ0v) is 13.8. The Morgan fingerprint density at radius 1 is 1.10 bits per heavy atom. The van der Waals surface area contributed by atoms with E-state index in [0.29, 0.717) is 0 Å². The summed E-state index contributed by atoms with van der Waals surface area (Å²) in [4.78, 5) is 2.18. The van der Waals surface area contributed by atoms with E-state index >= 15 is 0 Å². The van der Waals surface area contributed by atoms with Crippen molar-refractivity contribution in [3.63, 3.8) is 0 Å². The van der Waals surface area contributed by atoms with E-state index < -0.39 is 0 Å². The van der Waals surface area contributed by atoms with Gasteiger partial charge in [0.15, 0.2) is 0 Å². The molecule has 0 aromatic heterocycles. The monoisotopic (exact) mass is 303 g/mol. The first kappa shape index (κ1) is 15.7. The Labute approximate surface area is 132 Å². The topological polar surface area (TPSA) is 12.5 Å². The lowest BCUT2D eigenvalue weighted by molar-refractivity contribution is 0.414. The lowest BCUT2D eigenvalue weighted by Gasteiger charge is -2.24. The Balaban J connectivity index is 2.19. The van der Waals surface area contributed by atoms with Crippen LogP contribution in [-0.4, -0.2) is 20.7 Å². The van der Waals surface area contributed by atoms with Gasteiger partial charge in [-0.3, -0.25) is 0 Å². The molecule has 21 heavy (non-hydrogen) atoms. The summed E-state index contributed by atoms with van der Waals surface area (Å²) >= 11 is 6.67. The molecule has 0 spiro atoms. The van der Waals surface area contributed by atoms with Gasteiger partial charge in [-0.1, -0.05) is 18.2 Å². The van der Waals surface area contributed by atoms with Gasteiger partial charge in [-0.2, -0.15) is 0 Å². The fourth-order valence-electron chi connectivity index (χ4n) is 2.67. The summed E-state index contributed by atoms with van der Waals surface area (Å²) in [7, 11) is 3.76. The van der Waals surface area contributed by atoms with Crippen molar-refractivity contribution in [2.24, 2.45) is 0 Å². The minimum atomic E-state index is -0.0545. The van der Waals surface area contributed by atoms with Crippen molar-refractivity contribution in [2.45, 2.75) is 19.2 Å². The lowest BCUT2D eigenvalue weighted by Crippen LogP contribution is -2.22. The predicted octanol–water partition coefficient (Wildman–Crippen LogP) is 4.73. The van der Waals surface area contributed by atoms with Gasteiger partial charge in [-0.25, -0.2) is 0 Å². The molecule has 0 heterocycles. The first-order valence-electron chi connectivity index (χ1n) is 7.08. The van der Waals surface area contributed by atoms with Gasteiger partial charge >= 0.3 is 0 Å². The highest BCUT2D eigenvalue weighted by atomic mass is 35.5. The molecule has 0 aliphatic carbocycles. The van der Waals surface area contributed by atoms with E-state index in [2.05, 4.69) is 37.9 Å². The van der Waals surface area contributed by atoms with Crippen molar-refractivity contribution < 1.29 is 4.74 Å². The molecule has 0 radical (unpaired) electrons. The third kappa shape index (κ3) is 3.70. The number of benzene rings is 2. The van der Waals surface area contributed by atoms with Gasteiger partial charge in [0.25, 0.3) is 0 Å². The predicted molar refractivity (Wildman–Crippen MR) is 90.8 cm³/mol. The largest absolute Gasteiger partial charge is 0.497 e. The summed E-state index contributed by atoms with van der Waals surface area (Å²) in [6.45, 7) is 4.94. The van der Waals surface area contributed by atoms with Crippen LogP contribution < -0.4 is 9.64 Å². The maximum atomic E-state index is 6.67. The molecule has 2 aromatic rings. The first-order chi connectivity index (χ1) is 10.0. The number of nitrogens with zero attached hydrogens (tertiary/aromatic N) is 1. The maximum Gasteiger partial charge on any atom is 0.119 e. The van der Waals surface area contributed by atoms with Crippen LogP contribution in [0.4, 0.5) is 5.69 Å². The number of hydrogen-bond donors (Lipinski definition) is 0. The SMILES string of the molecule is COc1cc(C)c(C(Cl)CN(C)c2ccccc2)c(C)c1. The molecule has 2 aromatic carbocycles. The highest BCUT2D eigenvalue weighted by Gasteiger charge is 2.17. The molecule has 112 valence electrons. The number of methoxy groups -OCH3 is 1. The summed E-state index contributed by atoms with van der Waals surface area (Å²) in [5.41, 5.74) is 4.72. The van der Waals surface area contributed by atoms with Gasteiger partial charge in [0, 0.05) is 19.3 Å². The van der Waals surface area contributed by atoms with Crippen molar-refractivity contribution >= 4 is 17.3 Å². The molecule has 0 bridgehead atoms. The molecule has 3 heteroatoms. The number of para-hydroxylation sites is 1.